The molecule has 0 aliphatic carbocycles. The highest BCUT2D eigenvalue weighted by molar-refractivity contribution is 7.27. The zero-order valence-electron chi connectivity index (χ0n) is 29.0. The minimum Gasteiger partial charge on any atom is -0.423 e. The second kappa shape index (κ2) is 16.8. The molecule has 0 saturated heterocycles. The second-order valence-electron chi connectivity index (χ2n) is 12.2. The molecule has 10 rings (SSSR count). The lowest BCUT2D eigenvalue weighted by atomic mass is 9.80. The summed E-state index contributed by atoms with van der Waals surface area (Å²) in [6, 6.07) is 47.6. The Labute approximate surface area is 343 Å². The van der Waals surface area contributed by atoms with Gasteiger partial charge in [-0.05, 0) is 63.9 Å². The molecule has 4 heterocycles. The van der Waals surface area contributed by atoms with Crippen LogP contribution in [0.2, 0.25) is 15.9 Å². The summed E-state index contributed by atoms with van der Waals surface area (Å²) in [4.78, 5) is 25.0. The monoisotopic (exact) mass is 826 g/mol. The number of thiophene rings is 2. The largest absolute Gasteiger partial charge is 0.489 e. The van der Waals surface area contributed by atoms with Crippen LogP contribution < -0.4 is 5.46 Å². The second-order valence-corrected chi connectivity index (χ2v) is 15.3. The van der Waals surface area contributed by atoms with Crippen molar-refractivity contribution in [1.29, 1.82) is 0 Å². The molecular formula is C42H26BCl3N6O2S2. The highest BCUT2D eigenvalue weighted by atomic mass is 35.5. The molecule has 6 aromatic carbocycles. The fourth-order valence-corrected chi connectivity index (χ4v) is 9.09. The summed E-state index contributed by atoms with van der Waals surface area (Å²) in [6.07, 6.45) is 0. The molecular weight excluding hydrogens is 802 g/mol. The summed E-state index contributed by atoms with van der Waals surface area (Å²) in [5.74, 6) is 1.66. The van der Waals surface area contributed by atoms with Crippen LogP contribution >= 0.6 is 57.5 Å². The Balaban J connectivity index is 0.000000126. The predicted molar refractivity (Wildman–Crippen MR) is 233 cm³/mol. The summed E-state index contributed by atoms with van der Waals surface area (Å²) >= 11 is 20.9. The molecule has 0 aliphatic rings. The van der Waals surface area contributed by atoms with Crippen molar-refractivity contribution in [2.45, 2.75) is 0 Å². The molecule has 14 heteroatoms. The van der Waals surface area contributed by atoms with Crippen molar-refractivity contribution in [3.05, 3.63) is 161 Å². The molecule has 0 amide bonds. The third kappa shape index (κ3) is 8.11. The van der Waals surface area contributed by atoms with E-state index in [1.54, 1.807) is 28.7 Å². The highest BCUT2D eigenvalue weighted by Crippen LogP contribution is 2.39. The number of benzene rings is 6. The Kier molecular flexibility index (Phi) is 11.3. The van der Waals surface area contributed by atoms with Gasteiger partial charge in [0.05, 0.1) is 0 Å². The maximum Gasteiger partial charge on any atom is 0.489 e. The van der Waals surface area contributed by atoms with Crippen molar-refractivity contribution in [3.8, 4) is 34.2 Å². The Bertz CT molecular complexity index is 2950. The van der Waals surface area contributed by atoms with Crippen molar-refractivity contribution in [2.24, 2.45) is 0 Å². The van der Waals surface area contributed by atoms with Crippen LogP contribution in [0.4, 0.5) is 0 Å². The lowest BCUT2D eigenvalue weighted by Gasteiger charge is -2.05. The van der Waals surface area contributed by atoms with E-state index in [4.69, 9.17) is 39.8 Å². The molecule has 4 aromatic heterocycles. The van der Waals surface area contributed by atoms with Gasteiger partial charge in [-0.1, -0.05) is 127 Å². The van der Waals surface area contributed by atoms with E-state index in [9.17, 15) is 10.0 Å². The molecule has 10 aromatic rings. The number of hydrogen-bond acceptors (Lipinski definition) is 10. The molecule has 0 spiro atoms. The highest BCUT2D eigenvalue weighted by Gasteiger charge is 2.17. The lowest BCUT2D eigenvalue weighted by molar-refractivity contribution is 0.426. The maximum atomic E-state index is 9.31. The minimum atomic E-state index is -1.41. The predicted octanol–water partition coefficient (Wildman–Crippen LogP) is 10.8. The summed E-state index contributed by atoms with van der Waals surface area (Å²) < 4.78 is 4.54. The third-order valence-electron chi connectivity index (χ3n) is 8.61. The number of aromatic nitrogens is 6. The third-order valence-corrected chi connectivity index (χ3v) is 11.6. The van der Waals surface area contributed by atoms with E-state index in [0.717, 1.165) is 31.5 Å². The summed E-state index contributed by atoms with van der Waals surface area (Å²) in [5, 5.41) is 23.7. The van der Waals surface area contributed by atoms with Crippen LogP contribution in [0.5, 0.6) is 0 Å². The molecule has 0 radical (unpaired) electrons. The number of hydrogen-bond donors (Lipinski definition) is 2. The van der Waals surface area contributed by atoms with Gasteiger partial charge in [0.15, 0.2) is 17.5 Å². The standard InChI is InChI=1S/C21H12ClN3S.C12H9BO2S.C9H5Cl2N3/c22-21-24-19(13-7-2-1-3-8-13)23-20(25-21)16-11-6-10-15-14-9-4-5-12-17(14)26-18(15)16;14-13(15)10-6-3-5-9-8-4-1-2-7-11(8)16-12(9)10;10-8-12-7(13-9(11)14-8)6-4-2-1-3-5-6/h1-12H;1-7,14-15H;1-5H. The Hall–Kier alpha value is -5.37. The van der Waals surface area contributed by atoms with Crippen LogP contribution in [0.3, 0.4) is 0 Å². The van der Waals surface area contributed by atoms with Gasteiger partial charge in [-0.15, -0.1) is 22.7 Å². The number of fused-ring (bicyclic) bond motifs is 6. The molecule has 0 atom stereocenters. The van der Waals surface area contributed by atoms with Gasteiger partial charge in [0, 0.05) is 51.6 Å². The van der Waals surface area contributed by atoms with Gasteiger partial charge in [0.1, 0.15) is 0 Å². The van der Waals surface area contributed by atoms with Crippen LogP contribution in [0.15, 0.2) is 146 Å². The van der Waals surface area contributed by atoms with Crippen molar-refractivity contribution in [1.82, 2.24) is 29.9 Å². The van der Waals surface area contributed by atoms with Crippen LogP contribution in [-0.4, -0.2) is 47.1 Å². The summed E-state index contributed by atoms with van der Waals surface area (Å²) in [5.41, 5.74) is 3.34. The van der Waals surface area contributed by atoms with Gasteiger partial charge in [-0.3, -0.25) is 0 Å². The van der Waals surface area contributed by atoms with Gasteiger partial charge in [-0.25, -0.2) is 4.98 Å². The first-order valence-corrected chi connectivity index (χ1v) is 19.9. The maximum absolute atomic E-state index is 9.31. The lowest BCUT2D eigenvalue weighted by Crippen LogP contribution is -2.29. The molecule has 0 unspecified atom stereocenters. The first kappa shape index (κ1) is 37.6. The van der Waals surface area contributed by atoms with Gasteiger partial charge in [-0.2, -0.15) is 24.9 Å². The number of halogens is 3. The Morgan fingerprint density at radius 3 is 1.39 bits per heavy atom. The first-order valence-electron chi connectivity index (χ1n) is 17.1. The SMILES string of the molecule is Clc1nc(-c2ccccc2)nc(-c2cccc3c2sc2ccccc23)n1.Clc1nc(Cl)nc(-c2ccccc2)n1.OB(O)c1cccc2c1sc1ccccc12. The van der Waals surface area contributed by atoms with Crippen molar-refractivity contribution < 1.29 is 10.0 Å². The molecule has 0 saturated carbocycles. The number of nitrogens with zero attached hydrogens (tertiary/aromatic N) is 6. The van der Waals surface area contributed by atoms with E-state index in [1.165, 1.54) is 25.6 Å². The van der Waals surface area contributed by atoms with Crippen molar-refractivity contribution in [3.63, 3.8) is 0 Å². The molecule has 0 fully saturated rings. The van der Waals surface area contributed by atoms with Crippen LogP contribution in [-0.2, 0) is 0 Å². The van der Waals surface area contributed by atoms with Crippen LogP contribution in [0.25, 0.3) is 74.5 Å². The molecule has 56 heavy (non-hydrogen) atoms. The van der Waals surface area contributed by atoms with E-state index >= 15 is 0 Å². The zero-order chi connectivity index (χ0) is 38.6. The fraction of sp³-hybridized carbons (Fsp3) is 0. The topological polar surface area (TPSA) is 118 Å². The van der Waals surface area contributed by atoms with Gasteiger partial charge >= 0.3 is 7.12 Å². The van der Waals surface area contributed by atoms with Crippen molar-refractivity contribution in [2.75, 3.05) is 0 Å². The first-order chi connectivity index (χ1) is 27.3. The number of rotatable bonds is 4. The quantitative estimate of drug-likeness (QED) is 0.168. The summed E-state index contributed by atoms with van der Waals surface area (Å²) in [7, 11) is -1.41. The molecule has 272 valence electrons. The smallest absolute Gasteiger partial charge is 0.423 e. The fourth-order valence-electron chi connectivity index (χ4n) is 6.12. The Morgan fingerprint density at radius 2 is 0.821 bits per heavy atom. The normalized spacial score (nSPS) is 10.9. The average Bonchev–Trinajstić information content (AvgIpc) is 3.80. The van der Waals surface area contributed by atoms with E-state index in [0.29, 0.717) is 22.9 Å². The van der Waals surface area contributed by atoms with E-state index in [-0.39, 0.29) is 15.9 Å². The van der Waals surface area contributed by atoms with Crippen LogP contribution in [0, 0.1) is 0 Å². The zero-order valence-corrected chi connectivity index (χ0v) is 32.9. The van der Waals surface area contributed by atoms with Crippen molar-refractivity contribution >= 4 is 110 Å². The van der Waals surface area contributed by atoms with Gasteiger partial charge in [0.2, 0.25) is 15.9 Å². The van der Waals surface area contributed by atoms with E-state index in [2.05, 4.69) is 61.3 Å². The van der Waals surface area contributed by atoms with Crippen LogP contribution in [0.1, 0.15) is 0 Å². The molecule has 2 N–H and O–H groups in total. The van der Waals surface area contributed by atoms with E-state index in [1.807, 2.05) is 103 Å². The molecule has 0 bridgehead atoms. The Morgan fingerprint density at radius 1 is 0.393 bits per heavy atom. The van der Waals surface area contributed by atoms with E-state index < -0.39 is 7.12 Å². The minimum absolute atomic E-state index is 0.101. The van der Waals surface area contributed by atoms with Gasteiger partial charge < -0.3 is 10.0 Å². The average molecular weight is 828 g/mol. The molecule has 0 aliphatic heterocycles. The summed E-state index contributed by atoms with van der Waals surface area (Å²) in [6.45, 7) is 0. The molecule has 8 nitrogen and oxygen atoms in total. The van der Waals surface area contributed by atoms with Gasteiger partial charge in [0.25, 0.3) is 0 Å².